The second-order valence-corrected chi connectivity index (χ2v) is 5.20. The van der Waals surface area contributed by atoms with Gasteiger partial charge in [-0.15, -0.1) is 0 Å². The minimum absolute atomic E-state index is 0.0639. The number of hydrogen-bond donors (Lipinski definition) is 1. The van der Waals surface area contributed by atoms with Crippen LogP contribution in [0, 0.1) is 10.1 Å². The van der Waals surface area contributed by atoms with Crippen LogP contribution in [0.4, 0.5) is 5.69 Å². The first-order chi connectivity index (χ1) is 7.49. The maximum absolute atomic E-state index is 11.7. The van der Waals surface area contributed by atoms with E-state index in [4.69, 9.17) is 5.11 Å². The Hall–Kier alpha value is -1.47. The molecule has 1 aromatic rings. The van der Waals surface area contributed by atoms with E-state index in [0.29, 0.717) is 0 Å². The van der Waals surface area contributed by atoms with E-state index in [1.165, 1.54) is 18.2 Å². The molecular weight excluding hydrogens is 234 g/mol. The van der Waals surface area contributed by atoms with Crippen LogP contribution in [0.1, 0.15) is 6.42 Å². The number of sulfone groups is 1. The Morgan fingerprint density at radius 1 is 1.31 bits per heavy atom. The molecule has 0 unspecified atom stereocenters. The predicted octanol–water partition coefficient (Wildman–Crippen LogP) is 0.751. The Morgan fingerprint density at radius 2 is 1.94 bits per heavy atom. The Morgan fingerprint density at radius 3 is 2.50 bits per heavy atom. The van der Waals surface area contributed by atoms with Crippen LogP contribution in [0.5, 0.6) is 0 Å². The van der Waals surface area contributed by atoms with Crippen molar-refractivity contribution < 1.29 is 18.4 Å². The van der Waals surface area contributed by atoms with Gasteiger partial charge in [-0.25, -0.2) is 8.42 Å². The van der Waals surface area contributed by atoms with E-state index in [1.54, 1.807) is 0 Å². The lowest BCUT2D eigenvalue weighted by Crippen LogP contribution is -2.10. The van der Waals surface area contributed by atoms with E-state index in [1.807, 2.05) is 0 Å². The van der Waals surface area contributed by atoms with E-state index < -0.39 is 20.4 Å². The van der Waals surface area contributed by atoms with Crippen molar-refractivity contribution in [2.24, 2.45) is 0 Å². The number of hydrogen-bond acceptors (Lipinski definition) is 5. The number of nitrogens with zero attached hydrogens (tertiary/aromatic N) is 1. The van der Waals surface area contributed by atoms with E-state index in [-0.39, 0.29) is 23.7 Å². The third-order valence-corrected chi connectivity index (χ3v) is 3.81. The standard InChI is InChI=1S/C9H11NO5S/c11-6-3-7-16(14,15)9-5-2-1-4-8(9)10(12)13/h1-2,4-5,11H,3,6-7H2. The van der Waals surface area contributed by atoms with Gasteiger partial charge in [-0.3, -0.25) is 10.1 Å². The first-order valence-corrected chi connectivity index (χ1v) is 6.21. The van der Waals surface area contributed by atoms with Crippen LogP contribution in [0.2, 0.25) is 0 Å². The Labute approximate surface area is 92.6 Å². The Kier molecular flexibility index (Phi) is 3.97. The van der Waals surface area contributed by atoms with Gasteiger partial charge in [0.1, 0.15) is 4.90 Å². The highest BCUT2D eigenvalue weighted by Crippen LogP contribution is 2.24. The molecule has 0 atom stereocenters. The van der Waals surface area contributed by atoms with E-state index in [9.17, 15) is 18.5 Å². The summed E-state index contributed by atoms with van der Waals surface area (Å²) in [5.41, 5.74) is -0.430. The molecular formula is C9H11NO5S. The molecule has 6 nitrogen and oxygen atoms in total. The summed E-state index contributed by atoms with van der Waals surface area (Å²) in [6.45, 7) is -0.264. The fourth-order valence-corrected chi connectivity index (χ4v) is 2.71. The molecule has 0 heterocycles. The molecule has 0 saturated carbocycles. The normalized spacial score (nSPS) is 11.3. The number of para-hydroxylation sites is 1. The molecule has 1 aromatic carbocycles. The van der Waals surface area contributed by atoms with Crippen molar-refractivity contribution in [3.63, 3.8) is 0 Å². The van der Waals surface area contributed by atoms with Crippen LogP contribution in [-0.2, 0) is 9.84 Å². The van der Waals surface area contributed by atoms with Crippen molar-refractivity contribution in [2.45, 2.75) is 11.3 Å². The molecule has 0 fully saturated rings. The van der Waals surface area contributed by atoms with Gasteiger partial charge in [0, 0.05) is 12.7 Å². The van der Waals surface area contributed by atoms with Crippen LogP contribution in [0.15, 0.2) is 29.2 Å². The molecule has 0 amide bonds. The average Bonchev–Trinajstić information content (AvgIpc) is 2.26. The second-order valence-electron chi connectivity index (χ2n) is 3.12. The SMILES string of the molecule is O=[N+]([O-])c1ccccc1S(=O)(=O)CCCO. The van der Waals surface area contributed by atoms with Crippen molar-refractivity contribution in [1.29, 1.82) is 0 Å². The van der Waals surface area contributed by atoms with Crippen LogP contribution in [0.25, 0.3) is 0 Å². The lowest BCUT2D eigenvalue weighted by Gasteiger charge is -2.03. The quantitative estimate of drug-likeness (QED) is 0.609. The summed E-state index contributed by atoms with van der Waals surface area (Å²) in [5.74, 6) is -0.297. The molecule has 0 aliphatic carbocycles. The fraction of sp³-hybridized carbons (Fsp3) is 0.333. The van der Waals surface area contributed by atoms with Crippen molar-refractivity contribution in [2.75, 3.05) is 12.4 Å². The van der Waals surface area contributed by atoms with Gasteiger partial charge in [-0.1, -0.05) is 12.1 Å². The summed E-state index contributed by atoms with van der Waals surface area (Å²) >= 11 is 0. The van der Waals surface area contributed by atoms with Crippen LogP contribution in [0.3, 0.4) is 0 Å². The number of aliphatic hydroxyl groups is 1. The summed E-state index contributed by atoms with van der Waals surface area (Å²) in [4.78, 5) is 9.61. The zero-order valence-corrected chi connectivity index (χ0v) is 9.18. The largest absolute Gasteiger partial charge is 0.396 e. The average molecular weight is 245 g/mol. The predicted molar refractivity (Wildman–Crippen MR) is 56.9 cm³/mol. The third-order valence-electron chi connectivity index (χ3n) is 1.97. The van der Waals surface area contributed by atoms with E-state index in [2.05, 4.69) is 0 Å². The van der Waals surface area contributed by atoms with Crippen molar-refractivity contribution in [1.82, 2.24) is 0 Å². The number of nitro benzene ring substituents is 1. The molecule has 0 bridgehead atoms. The van der Waals surface area contributed by atoms with Gasteiger partial charge in [0.15, 0.2) is 9.84 Å². The Balaban J connectivity index is 3.17. The first kappa shape index (κ1) is 12.6. The smallest absolute Gasteiger partial charge is 0.287 e. The van der Waals surface area contributed by atoms with Gasteiger partial charge in [-0.05, 0) is 12.5 Å². The number of benzene rings is 1. The zero-order chi connectivity index (χ0) is 12.2. The Bertz CT molecular complexity index is 482. The first-order valence-electron chi connectivity index (χ1n) is 4.56. The topological polar surface area (TPSA) is 97.5 Å². The molecule has 0 aliphatic rings. The zero-order valence-electron chi connectivity index (χ0n) is 8.37. The summed E-state index contributed by atoms with van der Waals surface area (Å²) in [7, 11) is -3.70. The van der Waals surface area contributed by atoms with Gasteiger partial charge in [0.2, 0.25) is 0 Å². The maximum atomic E-state index is 11.7. The molecule has 0 saturated heterocycles. The van der Waals surface area contributed by atoms with Gasteiger partial charge in [0.05, 0.1) is 10.7 Å². The fourth-order valence-electron chi connectivity index (χ4n) is 1.24. The van der Waals surface area contributed by atoms with Gasteiger partial charge < -0.3 is 5.11 Å². The third kappa shape index (κ3) is 2.77. The van der Waals surface area contributed by atoms with Crippen molar-refractivity contribution >= 4 is 15.5 Å². The highest BCUT2D eigenvalue weighted by molar-refractivity contribution is 7.91. The monoisotopic (exact) mass is 245 g/mol. The molecule has 0 spiro atoms. The summed E-state index contributed by atoms with van der Waals surface area (Å²) in [5, 5.41) is 19.2. The van der Waals surface area contributed by atoms with Crippen molar-refractivity contribution in [3.05, 3.63) is 34.4 Å². The molecule has 0 aliphatic heterocycles. The van der Waals surface area contributed by atoms with Crippen LogP contribution in [-0.4, -0.2) is 30.8 Å². The van der Waals surface area contributed by atoms with Gasteiger partial charge in [0.25, 0.3) is 5.69 Å². The molecule has 1 rings (SSSR count). The summed E-state index contributed by atoms with van der Waals surface area (Å²) in [6, 6.07) is 5.18. The molecule has 1 N–H and O–H groups in total. The molecule has 16 heavy (non-hydrogen) atoms. The maximum Gasteiger partial charge on any atom is 0.287 e. The summed E-state index contributed by atoms with van der Waals surface area (Å²) in [6.07, 6.45) is 0.0639. The van der Waals surface area contributed by atoms with Crippen LogP contribution < -0.4 is 0 Å². The van der Waals surface area contributed by atoms with E-state index in [0.717, 1.165) is 6.07 Å². The lowest BCUT2D eigenvalue weighted by molar-refractivity contribution is -0.387. The molecule has 7 heteroatoms. The molecule has 0 aromatic heterocycles. The minimum Gasteiger partial charge on any atom is -0.396 e. The minimum atomic E-state index is -3.70. The number of rotatable bonds is 5. The number of nitro groups is 1. The summed E-state index contributed by atoms with van der Waals surface area (Å²) < 4.78 is 23.4. The second kappa shape index (κ2) is 5.04. The highest BCUT2D eigenvalue weighted by atomic mass is 32.2. The van der Waals surface area contributed by atoms with Gasteiger partial charge >= 0.3 is 0 Å². The lowest BCUT2D eigenvalue weighted by atomic mass is 10.3. The number of aliphatic hydroxyl groups excluding tert-OH is 1. The highest BCUT2D eigenvalue weighted by Gasteiger charge is 2.24. The van der Waals surface area contributed by atoms with Crippen LogP contribution >= 0.6 is 0 Å². The van der Waals surface area contributed by atoms with Crippen molar-refractivity contribution in [3.8, 4) is 0 Å². The van der Waals surface area contributed by atoms with E-state index >= 15 is 0 Å². The molecule has 88 valence electrons. The molecule has 0 radical (unpaired) electrons. The van der Waals surface area contributed by atoms with Gasteiger partial charge in [-0.2, -0.15) is 0 Å².